The molecule has 0 radical (unpaired) electrons. The number of carbonyl (C=O) groups is 1. The highest BCUT2D eigenvalue weighted by Gasteiger charge is 2.21. The van der Waals surface area contributed by atoms with Crippen molar-refractivity contribution in [3.63, 3.8) is 0 Å². The maximum Gasteiger partial charge on any atom is 0.263 e. The van der Waals surface area contributed by atoms with Crippen molar-refractivity contribution in [3.05, 3.63) is 44.3 Å². The Kier molecular flexibility index (Phi) is 5.84. The van der Waals surface area contributed by atoms with Crippen LogP contribution in [-0.2, 0) is 0 Å². The molecule has 130 valence electrons. The highest BCUT2D eigenvalue weighted by atomic mass is 79.9. The van der Waals surface area contributed by atoms with Gasteiger partial charge in [-0.2, -0.15) is 5.26 Å². The summed E-state index contributed by atoms with van der Waals surface area (Å²) in [5.41, 5.74) is 1.43. The molecular weight excluding hydrogens is 405 g/mol. The van der Waals surface area contributed by atoms with Crippen molar-refractivity contribution in [2.45, 2.75) is 12.8 Å². The first-order chi connectivity index (χ1) is 12.1. The van der Waals surface area contributed by atoms with Crippen LogP contribution in [0.2, 0.25) is 0 Å². The fourth-order valence-corrected chi connectivity index (χ4v) is 4.57. The summed E-state index contributed by atoms with van der Waals surface area (Å²) in [6, 6.07) is 8.11. The van der Waals surface area contributed by atoms with E-state index in [9.17, 15) is 9.18 Å². The summed E-state index contributed by atoms with van der Waals surface area (Å²) in [5.74, 6) is -0.532. The summed E-state index contributed by atoms with van der Waals surface area (Å²) in [4.78, 5) is 15.3. The Bertz CT molecular complexity index is 822. The number of benzene rings is 1. The minimum atomic E-state index is -0.553. The van der Waals surface area contributed by atoms with Gasteiger partial charge < -0.3 is 10.2 Å². The van der Waals surface area contributed by atoms with Gasteiger partial charge in [0.25, 0.3) is 5.91 Å². The summed E-state index contributed by atoms with van der Waals surface area (Å²) in [6.45, 7) is 3.33. The first-order valence-corrected chi connectivity index (χ1v) is 9.70. The zero-order valence-corrected chi connectivity index (χ0v) is 15.9. The summed E-state index contributed by atoms with van der Waals surface area (Å²) in [7, 11) is 0. The molecule has 0 saturated carbocycles. The molecule has 25 heavy (non-hydrogen) atoms. The third kappa shape index (κ3) is 4.09. The van der Waals surface area contributed by atoms with Crippen LogP contribution in [0.15, 0.2) is 28.1 Å². The van der Waals surface area contributed by atoms with E-state index in [1.54, 1.807) is 12.1 Å². The van der Waals surface area contributed by atoms with Crippen LogP contribution in [0, 0.1) is 17.1 Å². The fourth-order valence-electron chi connectivity index (χ4n) is 2.83. The van der Waals surface area contributed by atoms with Gasteiger partial charge in [-0.15, -0.1) is 11.3 Å². The molecule has 1 fully saturated rings. The van der Waals surface area contributed by atoms with E-state index in [2.05, 4.69) is 21.2 Å². The molecule has 0 aliphatic carbocycles. The average Bonchev–Trinajstić information content (AvgIpc) is 2.96. The van der Waals surface area contributed by atoms with E-state index in [0.29, 0.717) is 10.4 Å². The van der Waals surface area contributed by atoms with Crippen molar-refractivity contribution in [3.8, 4) is 17.2 Å². The van der Waals surface area contributed by atoms with Crippen LogP contribution in [0.3, 0.4) is 0 Å². The van der Waals surface area contributed by atoms with Crippen molar-refractivity contribution in [2.24, 2.45) is 0 Å². The van der Waals surface area contributed by atoms with Crippen molar-refractivity contribution in [2.75, 3.05) is 26.2 Å². The summed E-state index contributed by atoms with van der Waals surface area (Å²) in [6.07, 6.45) is 1.87. The first kappa shape index (κ1) is 18.1. The minimum absolute atomic E-state index is 0.0145. The number of nitriles is 1. The molecule has 0 unspecified atom stereocenters. The van der Waals surface area contributed by atoms with Crippen LogP contribution < -0.4 is 5.32 Å². The van der Waals surface area contributed by atoms with Gasteiger partial charge in [0, 0.05) is 18.7 Å². The molecule has 2 aromatic rings. The highest BCUT2D eigenvalue weighted by Crippen LogP contribution is 2.37. The zero-order chi connectivity index (χ0) is 17.8. The Morgan fingerprint density at radius 3 is 2.64 bits per heavy atom. The van der Waals surface area contributed by atoms with Crippen LogP contribution in [0.5, 0.6) is 0 Å². The van der Waals surface area contributed by atoms with Crippen LogP contribution in [0.1, 0.15) is 28.1 Å². The predicted octanol–water partition coefficient (Wildman–Crippen LogP) is 4.01. The van der Waals surface area contributed by atoms with Crippen LogP contribution in [-0.4, -0.2) is 37.0 Å². The molecule has 1 aromatic heterocycles. The number of rotatable bonds is 2. The lowest BCUT2D eigenvalue weighted by Gasteiger charge is -2.24. The van der Waals surface area contributed by atoms with E-state index in [1.165, 1.54) is 23.5 Å². The first-order valence-electron chi connectivity index (χ1n) is 8.09. The molecule has 0 bridgehead atoms. The van der Waals surface area contributed by atoms with E-state index in [-0.39, 0.29) is 11.5 Å². The summed E-state index contributed by atoms with van der Waals surface area (Å²) in [5, 5.41) is 12.2. The largest absolute Gasteiger partial charge is 0.338 e. The van der Waals surface area contributed by atoms with Gasteiger partial charge in [0.2, 0.25) is 0 Å². The second-order valence-corrected chi connectivity index (χ2v) is 8.22. The van der Waals surface area contributed by atoms with Crippen molar-refractivity contribution >= 4 is 33.2 Å². The van der Waals surface area contributed by atoms with E-state index < -0.39 is 5.82 Å². The molecule has 1 N–H and O–H groups in total. The molecule has 1 saturated heterocycles. The Labute approximate surface area is 158 Å². The SMILES string of the molecule is N#Cc1ccc(-c2cc(C(=O)N3CCCNCCC3)sc2Br)cc1F. The topological polar surface area (TPSA) is 56.1 Å². The number of halogens is 2. The van der Waals surface area contributed by atoms with Crippen LogP contribution in [0.25, 0.3) is 11.1 Å². The van der Waals surface area contributed by atoms with Gasteiger partial charge in [-0.1, -0.05) is 6.07 Å². The molecule has 1 amide bonds. The summed E-state index contributed by atoms with van der Waals surface area (Å²) >= 11 is 4.85. The van der Waals surface area contributed by atoms with Gasteiger partial charge in [0.15, 0.2) is 0 Å². The monoisotopic (exact) mass is 421 g/mol. The quantitative estimate of drug-likeness (QED) is 0.796. The normalized spacial score (nSPS) is 15.3. The van der Waals surface area contributed by atoms with Gasteiger partial charge in [-0.25, -0.2) is 4.39 Å². The second-order valence-electron chi connectivity index (χ2n) is 5.85. The van der Waals surface area contributed by atoms with E-state index in [1.807, 2.05) is 11.0 Å². The number of amides is 1. The molecule has 7 heteroatoms. The van der Waals surface area contributed by atoms with Gasteiger partial charge >= 0.3 is 0 Å². The standard InChI is InChI=1S/C18H17BrFN3OS/c19-17-14(12-3-4-13(11-21)15(20)9-12)10-16(25-17)18(24)23-7-1-5-22-6-2-8-23/h3-4,9-10,22H,1-2,5-8H2. The van der Waals surface area contributed by atoms with E-state index in [0.717, 1.165) is 48.4 Å². The predicted molar refractivity (Wildman–Crippen MR) is 100 cm³/mol. The minimum Gasteiger partial charge on any atom is -0.338 e. The molecule has 3 rings (SSSR count). The van der Waals surface area contributed by atoms with E-state index in [4.69, 9.17) is 5.26 Å². The number of thiophene rings is 1. The second kappa shape index (κ2) is 8.09. The lowest BCUT2D eigenvalue weighted by molar-refractivity contribution is 0.0750. The number of nitrogens with zero attached hydrogens (tertiary/aromatic N) is 2. The molecule has 0 atom stereocenters. The Hall–Kier alpha value is -1.75. The highest BCUT2D eigenvalue weighted by molar-refractivity contribution is 9.11. The van der Waals surface area contributed by atoms with Crippen molar-refractivity contribution < 1.29 is 9.18 Å². The lowest BCUT2D eigenvalue weighted by Crippen LogP contribution is -2.37. The van der Waals surface area contributed by atoms with Crippen molar-refractivity contribution in [1.29, 1.82) is 5.26 Å². The smallest absolute Gasteiger partial charge is 0.263 e. The third-order valence-corrected chi connectivity index (χ3v) is 5.97. The van der Waals surface area contributed by atoms with Crippen LogP contribution >= 0.6 is 27.3 Å². The molecule has 0 spiro atoms. The van der Waals surface area contributed by atoms with Gasteiger partial charge in [-0.3, -0.25) is 4.79 Å². The number of nitrogens with one attached hydrogen (secondary N) is 1. The third-order valence-electron chi connectivity index (χ3n) is 4.15. The molecule has 1 aliphatic rings. The molecule has 4 nitrogen and oxygen atoms in total. The van der Waals surface area contributed by atoms with Gasteiger partial charge in [0.1, 0.15) is 11.9 Å². The number of hydrogen-bond acceptors (Lipinski definition) is 4. The lowest BCUT2D eigenvalue weighted by atomic mass is 10.1. The van der Waals surface area contributed by atoms with E-state index >= 15 is 0 Å². The molecule has 1 aromatic carbocycles. The van der Waals surface area contributed by atoms with Crippen molar-refractivity contribution in [1.82, 2.24) is 10.2 Å². The Balaban J connectivity index is 1.85. The number of carbonyl (C=O) groups excluding carboxylic acids is 1. The van der Waals surface area contributed by atoms with Crippen LogP contribution in [0.4, 0.5) is 4.39 Å². The number of hydrogen-bond donors (Lipinski definition) is 1. The fraction of sp³-hybridized carbons (Fsp3) is 0.333. The molecule has 2 heterocycles. The zero-order valence-electron chi connectivity index (χ0n) is 13.5. The average molecular weight is 422 g/mol. The maximum absolute atomic E-state index is 13.9. The molecular formula is C18H17BrFN3OS. The van der Waals surface area contributed by atoms with Gasteiger partial charge in [0.05, 0.1) is 14.2 Å². The van der Waals surface area contributed by atoms with Gasteiger partial charge in [-0.05, 0) is 65.6 Å². The summed E-state index contributed by atoms with van der Waals surface area (Å²) < 4.78 is 14.7. The molecule has 1 aliphatic heterocycles. The Morgan fingerprint density at radius 2 is 2.00 bits per heavy atom. The Morgan fingerprint density at radius 1 is 1.28 bits per heavy atom. The maximum atomic E-state index is 13.9.